The molecule has 8 heteroatoms. The standard InChI is InChI=1S/C17H19N5O3/c1-11-6-4-5-7-12(11)8-18-13(23)9-22-10-19-15-14(22)16(24)21(3)17(25)20(15)2/h4-7,10H,8-9H2,1-3H3,(H,18,23). The van der Waals surface area contributed by atoms with Crippen LogP contribution in [0.5, 0.6) is 0 Å². The molecule has 0 aliphatic rings. The first-order valence-corrected chi connectivity index (χ1v) is 7.82. The van der Waals surface area contributed by atoms with Crippen molar-refractivity contribution >= 4 is 17.1 Å². The second-order valence-electron chi connectivity index (χ2n) is 5.95. The molecule has 0 fully saturated rings. The topological polar surface area (TPSA) is 90.9 Å². The summed E-state index contributed by atoms with van der Waals surface area (Å²) >= 11 is 0. The monoisotopic (exact) mass is 341 g/mol. The SMILES string of the molecule is Cc1ccccc1CNC(=O)Cn1cnc2c1c(=O)n(C)c(=O)n2C. The maximum atomic E-state index is 12.3. The molecule has 3 rings (SSSR count). The van der Waals surface area contributed by atoms with E-state index in [4.69, 9.17) is 0 Å². The highest BCUT2D eigenvalue weighted by Crippen LogP contribution is 2.07. The van der Waals surface area contributed by atoms with Crippen molar-refractivity contribution in [3.8, 4) is 0 Å². The first-order chi connectivity index (χ1) is 11.9. The van der Waals surface area contributed by atoms with Crippen LogP contribution in [0.1, 0.15) is 11.1 Å². The van der Waals surface area contributed by atoms with Gasteiger partial charge >= 0.3 is 5.69 Å². The quantitative estimate of drug-likeness (QED) is 0.726. The molecule has 1 amide bonds. The number of hydrogen-bond acceptors (Lipinski definition) is 4. The maximum absolute atomic E-state index is 12.3. The second kappa shape index (κ2) is 6.39. The van der Waals surface area contributed by atoms with Crippen molar-refractivity contribution in [3.63, 3.8) is 0 Å². The highest BCUT2D eigenvalue weighted by Gasteiger charge is 2.15. The van der Waals surface area contributed by atoms with E-state index in [1.165, 1.54) is 22.5 Å². The fourth-order valence-corrected chi connectivity index (χ4v) is 2.73. The van der Waals surface area contributed by atoms with Gasteiger partial charge in [0.2, 0.25) is 5.91 Å². The van der Waals surface area contributed by atoms with Gasteiger partial charge in [0.05, 0.1) is 6.33 Å². The zero-order valence-electron chi connectivity index (χ0n) is 14.3. The minimum Gasteiger partial charge on any atom is -0.350 e. The molecule has 2 heterocycles. The van der Waals surface area contributed by atoms with Crippen LogP contribution >= 0.6 is 0 Å². The van der Waals surface area contributed by atoms with Crippen molar-refractivity contribution < 1.29 is 4.79 Å². The predicted octanol–water partition coefficient (Wildman–Crippen LogP) is 0.0585. The van der Waals surface area contributed by atoms with Gasteiger partial charge in [-0.05, 0) is 18.1 Å². The van der Waals surface area contributed by atoms with Crippen molar-refractivity contribution in [2.24, 2.45) is 14.1 Å². The van der Waals surface area contributed by atoms with Crippen molar-refractivity contribution in [1.82, 2.24) is 24.0 Å². The van der Waals surface area contributed by atoms with Gasteiger partial charge in [-0.2, -0.15) is 0 Å². The molecule has 0 spiro atoms. The lowest BCUT2D eigenvalue weighted by molar-refractivity contribution is -0.121. The lowest BCUT2D eigenvalue weighted by Crippen LogP contribution is -2.38. The van der Waals surface area contributed by atoms with Crippen LogP contribution in [0.25, 0.3) is 11.2 Å². The fourth-order valence-electron chi connectivity index (χ4n) is 2.73. The van der Waals surface area contributed by atoms with E-state index in [1.807, 2.05) is 31.2 Å². The van der Waals surface area contributed by atoms with Crippen LogP contribution in [-0.4, -0.2) is 24.6 Å². The molecular weight excluding hydrogens is 322 g/mol. The van der Waals surface area contributed by atoms with E-state index >= 15 is 0 Å². The number of rotatable bonds is 4. The Hall–Kier alpha value is -3.16. The Labute approximate surface area is 143 Å². The Balaban J connectivity index is 1.84. The number of carbonyl (C=O) groups excluding carboxylic acids is 1. The summed E-state index contributed by atoms with van der Waals surface area (Å²) in [5.74, 6) is -0.238. The maximum Gasteiger partial charge on any atom is 0.332 e. The summed E-state index contributed by atoms with van der Waals surface area (Å²) in [5.41, 5.74) is 1.70. The smallest absolute Gasteiger partial charge is 0.332 e. The molecule has 0 saturated heterocycles. The van der Waals surface area contributed by atoms with Crippen molar-refractivity contribution in [1.29, 1.82) is 0 Å². The van der Waals surface area contributed by atoms with Gasteiger partial charge in [0.25, 0.3) is 5.56 Å². The number of nitrogens with zero attached hydrogens (tertiary/aromatic N) is 4. The van der Waals surface area contributed by atoms with E-state index in [9.17, 15) is 14.4 Å². The van der Waals surface area contributed by atoms with Crippen LogP contribution in [-0.2, 0) is 32.0 Å². The molecule has 0 aliphatic heterocycles. The van der Waals surface area contributed by atoms with Crippen LogP contribution < -0.4 is 16.6 Å². The number of aromatic nitrogens is 4. The Morgan fingerprint density at radius 1 is 1.16 bits per heavy atom. The Morgan fingerprint density at radius 3 is 2.60 bits per heavy atom. The summed E-state index contributed by atoms with van der Waals surface area (Å²) in [6, 6.07) is 7.79. The van der Waals surface area contributed by atoms with Crippen molar-refractivity contribution in [3.05, 3.63) is 62.6 Å². The first-order valence-electron chi connectivity index (χ1n) is 7.82. The van der Waals surface area contributed by atoms with Gasteiger partial charge in [0.15, 0.2) is 11.2 Å². The third-order valence-electron chi connectivity index (χ3n) is 4.27. The lowest BCUT2D eigenvalue weighted by atomic mass is 10.1. The number of benzene rings is 1. The number of aryl methyl sites for hydroxylation is 2. The highest BCUT2D eigenvalue weighted by molar-refractivity contribution is 5.78. The minimum atomic E-state index is -0.470. The van der Waals surface area contributed by atoms with Gasteiger partial charge in [-0.1, -0.05) is 24.3 Å². The van der Waals surface area contributed by atoms with Crippen LogP contribution in [0.3, 0.4) is 0 Å². The van der Waals surface area contributed by atoms with E-state index in [0.29, 0.717) is 6.54 Å². The molecule has 0 saturated carbocycles. The molecule has 0 unspecified atom stereocenters. The van der Waals surface area contributed by atoms with E-state index in [1.54, 1.807) is 7.05 Å². The fraction of sp³-hybridized carbons (Fsp3) is 0.294. The summed E-state index contributed by atoms with van der Waals surface area (Å²) in [6.45, 7) is 2.35. The molecular formula is C17H19N5O3. The molecule has 0 radical (unpaired) electrons. The van der Waals surface area contributed by atoms with Gasteiger partial charge in [0.1, 0.15) is 6.54 Å². The van der Waals surface area contributed by atoms with Gasteiger partial charge in [-0.25, -0.2) is 9.78 Å². The number of carbonyl (C=O) groups is 1. The van der Waals surface area contributed by atoms with E-state index in [-0.39, 0.29) is 23.6 Å². The Kier molecular flexibility index (Phi) is 4.26. The zero-order chi connectivity index (χ0) is 18.1. The zero-order valence-corrected chi connectivity index (χ0v) is 14.3. The Bertz CT molecular complexity index is 1070. The third-order valence-corrected chi connectivity index (χ3v) is 4.27. The number of nitrogens with one attached hydrogen (secondary N) is 1. The lowest BCUT2D eigenvalue weighted by Gasteiger charge is -2.09. The molecule has 0 aliphatic carbocycles. The molecule has 3 aromatic rings. The predicted molar refractivity (Wildman–Crippen MR) is 93.2 cm³/mol. The molecule has 130 valence electrons. The largest absolute Gasteiger partial charge is 0.350 e. The normalized spacial score (nSPS) is 11.0. The van der Waals surface area contributed by atoms with Gasteiger partial charge in [0, 0.05) is 20.6 Å². The molecule has 8 nitrogen and oxygen atoms in total. The number of fused-ring (bicyclic) bond motifs is 1. The average molecular weight is 341 g/mol. The summed E-state index contributed by atoms with van der Waals surface area (Å²) in [4.78, 5) is 40.6. The molecule has 0 atom stereocenters. The molecule has 2 aromatic heterocycles. The summed E-state index contributed by atoms with van der Waals surface area (Å²) in [7, 11) is 2.94. The van der Waals surface area contributed by atoms with Gasteiger partial charge in [-0.3, -0.25) is 18.7 Å². The number of hydrogen-bond donors (Lipinski definition) is 1. The van der Waals surface area contributed by atoms with Gasteiger partial charge in [-0.15, -0.1) is 0 Å². The van der Waals surface area contributed by atoms with Crippen LogP contribution in [0.2, 0.25) is 0 Å². The van der Waals surface area contributed by atoms with Crippen LogP contribution in [0.15, 0.2) is 40.2 Å². The number of amides is 1. The van der Waals surface area contributed by atoms with Crippen LogP contribution in [0.4, 0.5) is 0 Å². The minimum absolute atomic E-state index is 0.0458. The molecule has 1 N–H and O–H groups in total. The molecule has 1 aromatic carbocycles. The van der Waals surface area contributed by atoms with Crippen LogP contribution in [0, 0.1) is 6.92 Å². The molecule has 25 heavy (non-hydrogen) atoms. The van der Waals surface area contributed by atoms with Crippen molar-refractivity contribution in [2.75, 3.05) is 0 Å². The first kappa shape index (κ1) is 16.7. The Morgan fingerprint density at radius 2 is 1.88 bits per heavy atom. The number of imidazole rings is 1. The second-order valence-corrected chi connectivity index (χ2v) is 5.95. The van der Waals surface area contributed by atoms with Gasteiger partial charge < -0.3 is 9.88 Å². The van der Waals surface area contributed by atoms with E-state index in [0.717, 1.165) is 15.7 Å². The summed E-state index contributed by atoms with van der Waals surface area (Å²) in [6.07, 6.45) is 1.40. The molecule has 0 bridgehead atoms. The van der Waals surface area contributed by atoms with E-state index < -0.39 is 11.2 Å². The summed E-state index contributed by atoms with van der Waals surface area (Å²) < 4.78 is 3.76. The third kappa shape index (κ3) is 2.98. The van der Waals surface area contributed by atoms with E-state index in [2.05, 4.69) is 10.3 Å². The summed E-state index contributed by atoms with van der Waals surface area (Å²) in [5, 5.41) is 2.84. The highest BCUT2D eigenvalue weighted by atomic mass is 16.2. The average Bonchev–Trinajstić information content (AvgIpc) is 3.01. The van der Waals surface area contributed by atoms with Crippen molar-refractivity contribution in [2.45, 2.75) is 20.0 Å².